The summed E-state index contributed by atoms with van der Waals surface area (Å²) in [5.41, 5.74) is 0. The summed E-state index contributed by atoms with van der Waals surface area (Å²) >= 11 is 4.68. The van der Waals surface area contributed by atoms with Gasteiger partial charge in [-0.2, -0.15) is 0 Å². The number of benzene rings is 1. The van der Waals surface area contributed by atoms with Crippen LogP contribution in [-0.2, 0) is 12.6 Å². The summed E-state index contributed by atoms with van der Waals surface area (Å²) in [6.45, 7) is 0. The van der Waals surface area contributed by atoms with Gasteiger partial charge in [0.15, 0.2) is 17.5 Å². The predicted molar refractivity (Wildman–Crippen MR) is 49.3 cm³/mol. The molecule has 82 valence electrons. The van der Waals surface area contributed by atoms with E-state index in [1.54, 1.807) is 0 Å². The Hall–Kier alpha value is -0.378. The monoisotopic (exact) mass is 256 g/mol. The van der Waals surface area contributed by atoms with Crippen LogP contribution in [0.4, 0.5) is 22.0 Å². The topological polar surface area (TPSA) is 0 Å². The first-order valence-corrected chi connectivity index (χ1v) is 6.52. The van der Waals surface area contributed by atoms with E-state index >= 15 is 0 Å². The van der Waals surface area contributed by atoms with Gasteiger partial charge in [-0.05, 0) is 0 Å². The van der Waals surface area contributed by atoms with Gasteiger partial charge >= 0.3 is 26.8 Å². The number of halogens is 5. The zero-order valence-corrected chi connectivity index (χ0v) is 9.85. The Bertz CT molecular complexity index is 250. The van der Waals surface area contributed by atoms with E-state index in [2.05, 4.69) is 24.2 Å². The summed E-state index contributed by atoms with van der Waals surface area (Å²) in [7, 11) is 0. The van der Waals surface area contributed by atoms with E-state index in [1.807, 2.05) is 0 Å². The van der Waals surface area contributed by atoms with Gasteiger partial charge in [0.25, 0.3) is 0 Å². The number of hydrogen-bond acceptors (Lipinski definition) is 1. The molecule has 0 unspecified atom stereocenters. The molecule has 1 rings (SSSR count). The molecule has 7 heteroatoms. The van der Waals surface area contributed by atoms with Gasteiger partial charge in [0.05, 0.1) is 0 Å². The van der Waals surface area contributed by atoms with Gasteiger partial charge in [-0.3, -0.25) is 0 Å². The van der Waals surface area contributed by atoms with E-state index in [1.165, 1.54) is 0 Å². The second kappa shape index (κ2) is 6.26. The van der Waals surface area contributed by atoms with Gasteiger partial charge in [0, 0.05) is 0 Å². The van der Waals surface area contributed by atoms with Crippen molar-refractivity contribution in [3.05, 3.63) is 29.1 Å². The van der Waals surface area contributed by atoms with Crippen LogP contribution in [0.1, 0.15) is 0 Å². The van der Waals surface area contributed by atoms with Crippen LogP contribution < -0.4 is 0 Å². The fourth-order valence-electron chi connectivity index (χ4n) is 0.585. The molecule has 0 amide bonds. The Morgan fingerprint density at radius 2 is 0.933 bits per heavy atom. The van der Waals surface area contributed by atoms with Gasteiger partial charge in [-0.15, -0.1) is 0 Å². The van der Waals surface area contributed by atoms with Crippen LogP contribution in [0.25, 0.3) is 0 Å². The predicted octanol–water partition coefficient (Wildman–Crippen LogP) is 3.07. The number of hydrogen-bond donors (Lipinski definition) is 0. The Morgan fingerprint density at radius 3 is 1.20 bits per heavy atom. The third kappa shape index (κ3) is 3.30. The van der Waals surface area contributed by atoms with Crippen LogP contribution in [0.3, 0.4) is 0 Å². The minimum atomic E-state index is -2.20. The standard InChI is InChI=1S/C6HF5S.2CH3.Al/c7-1-2(8)4(10)6(12)5(11)3(1)9;;;/h12H;2*1H3;/q;;;+1/p-1. The van der Waals surface area contributed by atoms with E-state index < -0.39 is 34.0 Å². The van der Waals surface area contributed by atoms with Crippen LogP contribution in [0, 0.1) is 29.1 Å². The molecule has 0 bridgehead atoms. The van der Waals surface area contributed by atoms with E-state index in [9.17, 15) is 22.0 Å². The fourth-order valence-corrected chi connectivity index (χ4v) is 0.764. The first kappa shape index (κ1) is 14.6. The molecule has 0 N–H and O–H groups in total. The zero-order chi connectivity index (χ0) is 12.2. The summed E-state index contributed by atoms with van der Waals surface area (Å²) in [4.78, 5) is -1.29. The van der Waals surface area contributed by atoms with E-state index in [0.29, 0.717) is 0 Å². The van der Waals surface area contributed by atoms with E-state index in [0.717, 1.165) is 15.2 Å². The van der Waals surface area contributed by atoms with Gasteiger partial charge < -0.3 is 12.6 Å². The molecular weight excluding hydrogens is 250 g/mol. The van der Waals surface area contributed by atoms with Crippen molar-refractivity contribution in [2.75, 3.05) is 0 Å². The second-order valence-corrected chi connectivity index (χ2v) is 4.04. The van der Waals surface area contributed by atoms with Gasteiger partial charge in [-0.1, -0.05) is 4.90 Å². The molecule has 0 radical (unpaired) electrons. The average Bonchev–Trinajstić information content (AvgIpc) is 2.22. The van der Waals surface area contributed by atoms with Crippen molar-refractivity contribution in [1.29, 1.82) is 0 Å². The molecule has 0 fully saturated rings. The SMILES string of the molecule is Fc1c(F)c(F)c([S-])c(F)c1F.[CH3][Al+][CH3]. The maximum absolute atomic E-state index is 12.3. The maximum atomic E-state index is 12.3. The Kier molecular flexibility index (Phi) is 6.10. The Balaban J connectivity index is 0.000000583. The van der Waals surface area contributed by atoms with E-state index in [4.69, 9.17) is 0 Å². The van der Waals surface area contributed by atoms with Gasteiger partial charge in [0.2, 0.25) is 0 Å². The summed E-state index contributed by atoms with van der Waals surface area (Å²) in [5.74, 6) is -5.75. The molecule has 0 saturated heterocycles. The molecule has 0 heterocycles. The normalized spacial score (nSPS) is 9.00. The van der Waals surface area contributed by atoms with Gasteiger partial charge in [0.1, 0.15) is 11.6 Å². The third-order valence-electron chi connectivity index (χ3n) is 1.17. The summed E-state index contributed by atoms with van der Waals surface area (Å²) < 4.78 is 61.2. The van der Waals surface area contributed by atoms with Crippen molar-refractivity contribution in [3.8, 4) is 0 Å². The number of rotatable bonds is 0. The average molecular weight is 256 g/mol. The molecule has 0 aliphatic heterocycles. The quantitative estimate of drug-likeness (QED) is 0.226. The van der Waals surface area contributed by atoms with Gasteiger partial charge in [-0.25, -0.2) is 22.0 Å². The van der Waals surface area contributed by atoms with Crippen molar-refractivity contribution in [2.24, 2.45) is 0 Å². The van der Waals surface area contributed by atoms with Crippen molar-refractivity contribution in [3.63, 3.8) is 0 Å². The first-order chi connectivity index (χ1) is 6.88. The van der Waals surface area contributed by atoms with Crippen molar-refractivity contribution < 1.29 is 22.0 Å². The molecule has 0 aliphatic carbocycles. The molecule has 0 aliphatic rings. The summed E-state index contributed by atoms with van der Waals surface area (Å²) in [6, 6.07) is 0. The fraction of sp³-hybridized carbons (Fsp3) is 0.250. The first-order valence-electron chi connectivity index (χ1n) is 3.80. The molecular formula is C8H6AlF5S. The molecule has 0 atom stereocenters. The van der Waals surface area contributed by atoms with E-state index in [-0.39, 0.29) is 0 Å². The molecule has 0 saturated carbocycles. The summed E-state index contributed by atoms with van der Waals surface area (Å²) in [6.07, 6.45) is 0. The Morgan fingerprint density at radius 1 is 0.733 bits per heavy atom. The Labute approximate surface area is 95.6 Å². The molecule has 1 aromatic carbocycles. The molecule has 1 aromatic rings. The third-order valence-corrected chi connectivity index (χ3v) is 1.53. The van der Waals surface area contributed by atoms with Crippen LogP contribution in [0.5, 0.6) is 0 Å². The molecule has 0 aromatic heterocycles. The van der Waals surface area contributed by atoms with Crippen LogP contribution in [0.2, 0.25) is 11.6 Å². The van der Waals surface area contributed by atoms with Crippen molar-refractivity contribution in [1.82, 2.24) is 0 Å². The molecule has 15 heavy (non-hydrogen) atoms. The van der Waals surface area contributed by atoms with Crippen LogP contribution >= 0.6 is 0 Å². The van der Waals surface area contributed by atoms with Crippen LogP contribution in [0.15, 0.2) is 4.90 Å². The second-order valence-electron chi connectivity index (χ2n) is 2.48. The summed E-state index contributed by atoms with van der Waals surface area (Å²) in [5, 5.41) is 0. The molecule has 0 nitrogen and oxygen atoms in total. The van der Waals surface area contributed by atoms with Crippen molar-refractivity contribution >= 4 is 27.8 Å². The van der Waals surface area contributed by atoms with Crippen molar-refractivity contribution in [2.45, 2.75) is 16.5 Å². The zero-order valence-electron chi connectivity index (χ0n) is 7.88. The molecule has 0 spiro atoms. The minimum absolute atomic E-state index is 0.750. The van der Waals surface area contributed by atoms with Crippen LogP contribution in [-0.4, -0.2) is 15.2 Å².